The molecule has 72 valence electrons. The number of alkyl carbamates (subject to hydrolysis) is 1. The zero-order chi connectivity index (χ0) is 9.56. The summed E-state index contributed by atoms with van der Waals surface area (Å²) >= 11 is 0. The summed E-state index contributed by atoms with van der Waals surface area (Å²) < 4.78 is 4.40. The summed E-state index contributed by atoms with van der Waals surface area (Å²) in [5, 5.41) is 11.4. The summed E-state index contributed by atoms with van der Waals surface area (Å²) in [6.07, 6.45) is 0.265. The van der Waals surface area contributed by atoms with Gasteiger partial charge < -0.3 is 15.2 Å². The molecule has 0 aromatic carbocycles. The molecule has 0 rings (SSSR count). The van der Waals surface area contributed by atoms with Gasteiger partial charge in [-0.25, -0.2) is 4.79 Å². The number of aliphatic hydroxyl groups excluding tert-OH is 1. The third-order valence-electron chi connectivity index (χ3n) is 1.48. The van der Waals surface area contributed by atoms with E-state index in [9.17, 15) is 4.79 Å². The van der Waals surface area contributed by atoms with Crippen molar-refractivity contribution in [3.63, 3.8) is 0 Å². The number of hydrogen-bond acceptors (Lipinski definition) is 3. The Labute approximate surface area is 72.9 Å². The van der Waals surface area contributed by atoms with Crippen LogP contribution in [0.15, 0.2) is 0 Å². The van der Waals surface area contributed by atoms with E-state index in [1.165, 1.54) is 7.11 Å². The summed E-state index contributed by atoms with van der Waals surface area (Å²) in [7, 11) is 1.30. The quantitative estimate of drug-likeness (QED) is 0.662. The fourth-order valence-corrected chi connectivity index (χ4v) is 0.974. The Morgan fingerprint density at radius 3 is 2.50 bits per heavy atom. The van der Waals surface area contributed by atoms with Crippen molar-refractivity contribution in [2.75, 3.05) is 13.7 Å². The number of nitrogens with one attached hydrogen (secondary N) is 1. The number of amides is 1. The number of aliphatic hydroxyl groups is 1. The van der Waals surface area contributed by atoms with E-state index >= 15 is 0 Å². The maximum absolute atomic E-state index is 10.7. The molecule has 0 fully saturated rings. The number of rotatable bonds is 4. The van der Waals surface area contributed by atoms with Gasteiger partial charge in [-0.15, -0.1) is 0 Å². The lowest BCUT2D eigenvalue weighted by atomic mass is 10.0. The molecule has 0 aliphatic rings. The molecule has 2 N–H and O–H groups in total. The lowest BCUT2D eigenvalue weighted by Gasteiger charge is -2.16. The van der Waals surface area contributed by atoms with E-state index in [0.717, 1.165) is 6.42 Å². The van der Waals surface area contributed by atoms with Crippen molar-refractivity contribution in [2.45, 2.75) is 26.3 Å². The molecule has 0 bridgehead atoms. The number of methoxy groups -OCH3 is 1. The normalized spacial score (nSPS) is 12.8. The maximum Gasteiger partial charge on any atom is 0.407 e. The van der Waals surface area contributed by atoms with Crippen molar-refractivity contribution in [3.05, 3.63) is 0 Å². The van der Waals surface area contributed by atoms with Crippen molar-refractivity contribution < 1.29 is 14.6 Å². The fourth-order valence-electron chi connectivity index (χ4n) is 0.974. The van der Waals surface area contributed by atoms with Crippen LogP contribution in [0.2, 0.25) is 0 Å². The smallest absolute Gasteiger partial charge is 0.407 e. The van der Waals surface area contributed by atoms with Gasteiger partial charge in [0.15, 0.2) is 0 Å². The first-order chi connectivity index (χ1) is 5.60. The number of hydrogen-bond donors (Lipinski definition) is 2. The molecule has 1 atom stereocenters. The minimum absolute atomic E-state index is 0.0483. The minimum Gasteiger partial charge on any atom is -0.453 e. The number of carbonyl (C=O) groups excluding carboxylic acids is 1. The fraction of sp³-hybridized carbons (Fsp3) is 0.875. The third kappa shape index (κ3) is 4.96. The van der Waals surface area contributed by atoms with Crippen LogP contribution in [0.1, 0.15) is 20.3 Å². The van der Waals surface area contributed by atoms with Crippen LogP contribution in [0, 0.1) is 5.92 Å². The molecule has 0 aliphatic carbocycles. The van der Waals surface area contributed by atoms with Gasteiger partial charge in [0.2, 0.25) is 0 Å². The average molecular weight is 175 g/mol. The first-order valence-electron chi connectivity index (χ1n) is 4.05. The Bertz CT molecular complexity index is 136. The van der Waals surface area contributed by atoms with Gasteiger partial charge in [-0.1, -0.05) is 13.8 Å². The molecule has 0 unspecified atom stereocenters. The van der Waals surface area contributed by atoms with Gasteiger partial charge in [0, 0.05) is 0 Å². The zero-order valence-corrected chi connectivity index (χ0v) is 7.83. The summed E-state index contributed by atoms with van der Waals surface area (Å²) in [6.45, 7) is 4.01. The molecule has 0 radical (unpaired) electrons. The highest BCUT2D eigenvalue weighted by atomic mass is 16.5. The molecular weight excluding hydrogens is 158 g/mol. The average Bonchev–Trinajstić information content (AvgIpc) is 2.02. The van der Waals surface area contributed by atoms with Crippen molar-refractivity contribution in [1.29, 1.82) is 0 Å². The van der Waals surface area contributed by atoms with Gasteiger partial charge in [0.1, 0.15) is 0 Å². The van der Waals surface area contributed by atoms with Gasteiger partial charge in [-0.3, -0.25) is 0 Å². The highest BCUT2D eigenvalue weighted by Gasteiger charge is 2.12. The zero-order valence-electron chi connectivity index (χ0n) is 7.83. The first-order valence-corrected chi connectivity index (χ1v) is 4.05. The maximum atomic E-state index is 10.7. The summed E-state index contributed by atoms with van der Waals surface area (Å²) in [5.41, 5.74) is 0. The van der Waals surface area contributed by atoms with Crippen molar-refractivity contribution in [2.24, 2.45) is 5.92 Å². The third-order valence-corrected chi connectivity index (χ3v) is 1.48. The molecule has 1 amide bonds. The topological polar surface area (TPSA) is 58.6 Å². The molecule has 0 aliphatic heterocycles. The molecule has 0 heterocycles. The molecule has 0 saturated carbocycles. The molecule has 4 heteroatoms. The molecule has 4 nitrogen and oxygen atoms in total. The number of ether oxygens (including phenoxy) is 1. The monoisotopic (exact) mass is 175 g/mol. The highest BCUT2D eigenvalue weighted by Crippen LogP contribution is 2.03. The summed E-state index contributed by atoms with van der Waals surface area (Å²) in [4.78, 5) is 10.7. The van der Waals surface area contributed by atoms with Crippen LogP contribution in [-0.2, 0) is 4.74 Å². The predicted molar refractivity (Wildman–Crippen MR) is 45.9 cm³/mol. The first kappa shape index (κ1) is 11.2. The van der Waals surface area contributed by atoms with Crippen LogP contribution in [0.5, 0.6) is 0 Å². The Morgan fingerprint density at radius 2 is 2.17 bits per heavy atom. The van der Waals surface area contributed by atoms with Crippen LogP contribution in [0.3, 0.4) is 0 Å². The van der Waals surface area contributed by atoms with Crippen LogP contribution < -0.4 is 5.32 Å². The van der Waals surface area contributed by atoms with Gasteiger partial charge >= 0.3 is 6.09 Å². The van der Waals surface area contributed by atoms with E-state index in [-0.39, 0.29) is 12.6 Å². The summed E-state index contributed by atoms with van der Waals surface area (Å²) in [6, 6.07) is -0.197. The Balaban J connectivity index is 3.74. The van der Waals surface area contributed by atoms with Gasteiger partial charge in [0.05, 0.1) is 19.8 Å². The van der Waals surface area contributed by atoms with Gasteiger partial charge in [0.25, 0.3) is 0 Å². The molecule has 0 aromatic rings. The van der Waals surface area contributed by atoms with Gasteiger partial charge in [-0.05, 0) is 12.3 Å². The highest BCUT2D eigenvalue weighted by molar-refractivity contribution is 5.67. The van der Waals surface area contributed by atoms with E-state index in [1.54, 1.807) is 0 Å². The van der Waals surface area contributed by atoms with E-state index in [0.29, 0.717) is 5.92 Å². The number of carbonyl (C=O) groups is 1. The van der Waals surface area contributed by atoms with E-state index in [1.807, 2.05) is 13.8 Å². The van der Waals surface area contributed by atoms with E-state index in [2.05, 4.69) is 10.1 Å². The van der Waals surface area contributed by atoms with Crippen molar-refractivity contribution in [1.82, 2.24) is 5.32 Å². The predicted octanol–water partition coefficient (Wildman–Crippen LogP) is 0.749. The van der Waals surface area contributed by atoms with Crippen LogP contribution >= 0.6 is 0 Å². The Kier molecular flexibility index (Phi) is 5.45. The van der Waals surface area contributed by atoms with E-state index < -0.39 is 6.09 Å². The van der Waals surface area contributed by atoms with Crippen molar-refractivity contribution in [3.8, 4) is 0 Å². The second-order valence-electron chi connectivity index (χ2n) is 3.14. The molecular formula is C8H17NO3. The SMILES string of the molecule is COC(=O)N[C@@H](CO)CC(C)C. The molecule has 0 saturated heterocycles. The van der Waals surface area contributed by atoms with E-state index in [4.69, 9.17) is 5.11 Å². The van der Waals surface area contributed by atoms with Crippen LogP contribution in [0.4, 0.5) is 4.79 Å². The standard InChI is InChI=1S/C8H17NO3/c1-6(2)4-7(5-10)9-8(11)12-3/h6-7,10H,4-5H2,1-3H3,(H,9,11)/t7-/m1/s1. The van der Waals surface area contributed by atoms with Crippen LogP contribution in [0.25, 0.3) is 0 Å². The Hall–Kier alpha value is -0.770. The summed E-state index contributed by atoms with van der Waals surface area (Å²) in [5.74, 6) is 0.444. The Morgan fingerprint density at radius 1 is 1.58 bits per heavy atom. The lowest BCUT2D eigenvalue weighted by Crippen LogP contribution is -2.38. The largest absolute Gasteiger partial charge is 0.453 e. The van der Waals surface area contributed by atoms with Crippen molar-refractivity contribution >= 4 is 6.09 Å². The minimum atomic E-state index is -0.491. The van der Waals surface area contributed by atoms with Crippen LogP contribution in [-0.4, -0.2) is 31.0 Å². The lowest BCUT2D eigenvalue weighted by molar-refractivity contribution is 0.153. The molecule has 0 spiro atoms. The van der Waals surface area contributed by atoms with Gasteiger partial charge in [-0.2, -0.15) is 0 Å². The second kappa shape index (κ2) is 5.83. The molecule has 12 heavy (non-hydrogen) atoms. The molecule has 0 aromatic heterocycles. The second-order valence-corrected chi connectivity index (χ2v) is 3.14.